The minimum atomic E-state index is 0.203. The maximum absolute atomic E-state index is 12.6. The van der Waals surface area contributed by atoms with E-state index >= 15 is 0 Å². The molecule has 1 aromatic rings. The number of carbonyl (C=O) groups excluding carboxylic acids is 1. The van der Waals surface area contributed by atoms with Crippen LogP contribution in [0, 0.1) is 5.92 Å². The van der Waals surface area contributed by atoms with E-state index in [1.807, 2.05) is 0 Å². The van der Waals surface area contributed by atoms with Gasteiger partial charge in [0.1, 0.15) is 0 Å². The van der Waals surface area contributed by atoms with Gasteiger partial charge in [0.25, 0.3) is 0 Å². The quantitative estimate of drug-likeness (QED) is 0.808. The van der Waals surface area contributed by atoms with Gasteiger partial charge in [-0.3, -0.25) is 9.69 Å². The van der Waals surface area contributed by atoms with Crippen LogP contribution in [0.2, 0.25) is 0 Å². The Morgan fingerprint density at radius 2 is 1.46 bits per heavy atom. The topological polar surface area (TPSA) is 35.6 Å². The average molecular weight is 384 g/mol. The fourth-order valence-corrected chi connectivity index (χ4v) is 5.27. The molecule has 1 aromatic carbocycles. The zero-order valence-electron chi connectivity index (χ0n) is 17.4. The maximum atomic E-state index is 12.6. The highest BCUT2D eigenvalue weighted by molar-refractivity contribution is 5.78. The number of nitrogens with zero attached hydrogens (tertiary/aromatic N) is 2. The summed E-state index contributed by atoms with van der Waals surface area (Å²) in [6.07, 6.45) is 11.6. The van der Waals surface area contributed by atoms with Crippen LogP contribution in [0.4, 0.5) is 0 Å². The largest absolute Gasteiger partial charge is 0.352 e. The van der Waals surface area contributed by atoms with Crippen LogP contribution in [0.15, 0.2) is 24.3 Å². The number of carbonyl (C=O) groups is 1. The number of amides is 1. The number of nitrogens with one attached hydrogen (secondary N) is 1. The molecule has 4 heteroatoms. The molecule has 4 nitrogen and oxygen atoms in total. The summed E-state index contributed by atoms with van der Waals surface area (Å²) in [5.41, 5.74) is 2.59. The molecular formula is C24H37N3O. The zero-order valence-corrected chi connectivity index (χ0v) is 17.4. The summed E-state index contributed by atoms with van der Waals surface area (Å²) in [7, 11) is 0. The molecule has 4 rings (SSSR count). The highest BCUT2D eigenvalue weighted by Crippen LogP contribution is 2.27. The first-order chi connectivity index (χ1) is 13.8. The average Bonchev–Trinajstić information content (AvgIpc) is 3.27. The van der Waals surface area contributed by atoms with Crippen LogP contribution in [0.5, 0.6) is 0 Å². The second-order valence-corrected chi connectivity index (χ2v) is 9.12. The minimum absolute atomic E-state index is 0.203. The summed E-state index contributed by atoms with van der Waals surface area (Å²) >= 11 is 0. The monoisotopic (exact) mass is 383 g/mol. The van der Waals surface area contributed by atoms with Crippen LogP contribution < -0.4 is 5.32 Å². The Morgan fingerprint density at radius 3 is 2.14 bits per heavy atom. The lowest BCUT2D eigenvalue weighted by Gasteiger charge is -2.38. The van der Waals surface area contributed by atoms with E-state index in [0.29, 0.717) is 6.54 Å². The maximum Gasteiger partial charge on any atom is 0.223 e. The van der Waals surface area contributed by atoms with Gasteiger partial charge in [-0.1, -0.05) is 43.5 Å². The molecule has 28 heavy (non-hydrogen) atoms. The predicted octanol–water partition coefficient (Wildman–Crippen LogP) is 3.94. The van der Waals surface area contributed by atoms with Crippen molar-refractivity contribution in [1.29, 1.82) is 0 Å². The number of hydrogen-bond acceptors (Lipinski definition) is 3. The van der Waals surface area contributed by atoms with Gasteiger partial charge in [-0.2, -0.15) is 0 Å². The summed E-state index contributed by atoms with van der Waals surface area (Å²) in [6, 6.07) is 9.59. The third-order valence-corrected chi connectivity index (χ3v) is 7.09. The molecular weight excluding hydrogens is 346 g/mol. The molecule has 0 unspecified atom stereocenters. The third kappa shape index (κ3) is 5.36. The third-order valence-electron chi connectivity index (χ3n) is 7.09. The normalized spacial score (nSPS) is 23.1. The smallest absolute Gasteiger partial charge is 0.223 e. The first-order valence-electron chi connectivity index (χ1n) is 11.6. The molecule has 0 atom stereocenters. The first-order valence-corrected chi connectivity index (χ1v) is 11.6. The zero-order chi connectivity index (χ0) is 19.2. The van der Waals surface area contributed by atoms with E-state index in [2.05, 4.69) is 39.4 Å². The van der Waals surface area contributed by atoms with E-state index in [9.17, 15) is 4.79 Å². The van der Waals surface area contributed by atoms with E-state index in [1.54, 1.807) is 0 Å². The second kappa shape index (κ2) is 9.89. The van der Waals surface area contributed by atoms with Gasteiger partial charge in [0.2, 0.25) is 5.91 Å². The van der Waals surface area contributed by atoms with Gasteiger partial charge >= 0.3 is 0 Å². The molecule has 3 aliphatic rings. The van der Waals surface area contributed by atoms with E-state index < -0.39 is 0 Å². The molecule has 0 spiro atoms. The second-order valence-electron chi connectivity index (χ2n) is 9.12. The van der Waals surface area contributed by atoms with E-state index in [4.69, 9.17) is 0 Å². The molecule has 0 aromatic heterocycles. The Morgan fingerprint density at radius 1 is 0.821 bits per heavy atom. The van der Waals surface area contributed by atoms with Gasteiger partial charge < -0.3 is 10.2 Å². The Balaban J connectivity index is 1.18. The summed E-state index contributed by atoms with van der Waals surface area (Å²) in [4.78, 5) is 17.8. The molecule has 2 saturated heterocycles. The summed E-state index contributed by atoms with van der Waals surface area (Å²) in [5, 5.41) is 3.19. The Labute approximate surface area is 170 Å². The van der Waals surface area contributed by atoms with Gasteiger partial charge in [-0.15, -0.1) is 0 Å². The molecule has 0 bridgehead atoms. The van der Waals surface area contributed by atoms with Crippen LogP contribution in [-0.2, 0) is 17.9 Å². The van der Waals surface area contributed by atoms with Crippen molar-refractivity contribution in [3.8, 4) is 0 Å². The summed E-state index contributed by atoms with van der Waals surface area (Å²) in [6.45, 7) is 6.40. The van der Waals surface area contributed by atoms with Crippen molar-refractivity contribution in [3.05, 3.63) is 35.4 Å². The van der Waals surface area contributed by atoms with Crippen molar-refractivity contribution >= 4 is 5.91 Å². The van der Waals surface area contributed by atoms with Gasteiger partial charge in [-0.05, 0) is 75.8 Å². The minimum Gasteiger partial charge on any atom is -0.352 e. The molecule has 2 aliphatic heterocycles. The molecule has 2 heterocycles. The van der Waals surface area contributed by atoms with E-state index in [0.717, 1.165) is 38.5 Å². The number of rotatable bonds is 6. The SMILES string of the molecule is O=C(NCc1ccc(CN2CCCC2)cc1)C1CCN(C2CCCCC2)CC1. The highest BCUT2D eigenvalue weighted by atomic mass is 16.1. The molecule has 1 aliphatic carbocycles. The van der Waals surface area contributed by atoms with Gasteiger partial charge in [-0.25, -0.2) is 0 Å². The standard InChI is InChI=1S/C24H37N3O/c28-24(22-12-16-27(17-13-22)23-6-2-1-3-7-23)25-18-20-8-10-21(11-9-20)19-26-14-4-5-15-26/h8-11,22-23H,1-7,12-19H2,(H,25,28). The molecule has 1 amide bonds. The lowest BCUT2D eigenvalue weighted by atomic mass is 9.90. The highest BCUT2D eigenvalue weighted by Gasteiger charge is 2.29. The van der Waals surface area contributed by atoms with E-state index in [1.165, 1.54) is 69.2 Å². The van der Waals surface area contributed by atoms with Crippen LogP contribution in [-0.4, -0.2) is 47.9 Å². The van der Waals surface area contributed by atoms with Crippen molar-refractivity contribution in [2.24, 2.45) is 5.92 Å². The Bertz CT molecular complexity index is 609. The van der Waals surface area contributed by atoms with E-state index in [-0.39, 0.29) is 11.8 Å². The number of hydrogen-bond donors (Lipinski definition) is 1. The summed E-state index contributed by atoms with van der Waals surface area (Å²) < 4.78 is 0. The first kappa shape index (κ1) is 19.9. The number of likely N-dealkylation sites (tertiary alicyclic amines) is 2. The molecule has 154 valence electrons. The Kier molecular flexibility index (Phi) is 7.03. The number of benzene rings is 1. The van der Waals surface area contributed by atoms with Crippen LogP contribution in [0.25, 0.3) is 0 Å². The van der Waals surface area contributed by atoms with Gasteiger partial charge in [0, 0.05) is 25.0 Å². The lowest BCUT2D eigenvalue weighted by Crippen LogP contribution is -2.45. The van der Waals surface area contributed by atoms with Crippen molar-refractivity contribution in [1.82, 2.24) is 15.1 Å². The molecule has 0 radical (unpaired) electrons. The van der Waals surface area contributed by atoms with Crippen molar-refractivity contribution in [2.75, 3.05) is 26.2 Å². The fraction of sp³-hybridized carbons (Fsp3) is 0.708. The van der Waals surface area contributed by atoms with Crippen molar-refractivity contribution in [2.45, 2.75) is 76.9 Å². The lowest BCUT2D eigenvalue weighted by molar-refractivity contribution is -0.126. The van der Waals surface area contributed by atoms with Gasteiger partial charge in [0.15, 0.2) is 0 Å². The van der Waals surface area contributed by atoms with Crippen LogP contribution in [0.1, 0.15) is 68.9 Å². The fourth-order valence-electron chi connectivity index (χ4n) is 5.27. The number of piperidine rings is 1. The molecule has 1 saturated carbocycles. The molecule has 1 N–H and O–H groups in total. The Hall–Kier alpha value is -1.39. The van der Waals surface area contributed by atoms with Gasteiger partial charge in [0.05, 0.1) is 0 Å². The van der Waals surface area contributed by atoms with Crippen molar-refractivity contribution in [3.63, 3.8) is 0 Å². The summed E-state index contributed by atoms with van der Waals surface area (Å²) in [5.74, 6) is 0.457. The van der Waals surface area contributed by atoms with Crippen molar-refractivity contribution < 1.29 is 4.79 Å². The van der Waals surface area contributed by atoms with Crippen LogP contribution in [0.3, 0.4) is 0 Å². The molecule has 3 fully saturated rings. The van der Waals surface area contributed by atoms with Crippen LogP contribution >= 0.6 is 0 Å². The predicted molar refractivity (Wildman–Crippen MR) is 114 cm³/mol.